The van der Waals surface area contributed by atoms with Crippen molar-refractivity contribution in [3.8, 4) is 28.9 Å². The maximum Gasteiger partial charge on any atom is 0.387 e. The quantitative estimate of drug-likeness (QED) is 0.553. The van der Waals surface area contributed by atoms with Gasteiger partial charge in [-0.2, -0.15) is 19.1 Å². The molecule has 1 fully saturated rings. The highest BCUT2D eigenvalue weighted by atomic mass is 19.3. The van der Waals surface area contributed by atoms with Gasteiger partial charge in [0.2, 0.25) is 5.91 Å². The Morgan fingerprint density at radius 2 is 2.17 bits per heavy atom. The number of nitriles is 1. The Kier molecular flexibility index (Phi) is 6.09. The van der Waals surface area contributed by atoms with Crippen molar-refractivity contribution in [3.05, 3.63) is 53.9 Å². The molecule has 2 N–H and O–H groups in total. The van der Waals surface area contributed by atoms with Crippen molar-refractivity contribution >= 4 is 5.91 Å². The van der Waals surface area contributed by atoms with E-state index >= 15 is 0 Å². The van der Waals surface area contributed by atoms with E-state index in [0.717, 1.165) is 12.4 Å². The number of pyridine rings is 2. The Morgan fingerprint density at radius 3 is 2.81 bits per heavy atom. The summed E-state index contributed by atoms with van der Waals surface area (Å²) in [4.78, 5) is 20.5. The summed E-state index contributed by atoms with van der Waals surface area (Å²) in [7, 11) is 0. The van der Waals surface area contributed by atoms with Crippen molar-refractivity contribution in [3.63, 3.8) is 0 Å². The molecule has 3 aromatic heterocycles. The van der Waals surface area contributed by atoms with E-state index < -0.39 is 35.6 Å². The third kappa shape index (κ3) is 4.15. The van der Waals surface area contributed by atoms with Crippen LogP contribution in [0.2, 0.25) is 0 Å². The minimum atomic E-state index is -3.04. The van der Waals surface area contributed by atoms with Crippen molar-refractivity contribution in [1.29, 1.82) is 5.26 Å². The number of halogens is 3. The van der Waals surface area contributed by atoms with Crippen molar-refractivity contribution < 1.29 is 27.4 Å². The zero-order valence-electron chi connectivity index (χ0n) is 18.9. The highest BCUT2D eigenvalue weighted by Gasteiger charge is 2.50. The second kappa shape index (κ2) is 9.23. The summed E-state index contributed by atoms with van der Waals surface area (Å²) in [5.74, 6) is -2.04. The van der Waals surface area contributed by atoms with Crippen molar-refractivity contribution in [1.82, 2.24) is 19.7 Å². The number of carbonyl (C=O) groups is 1. The molecule has 0 saturated carbocycles. The molecule has 0 aromatic carbocycles. The molecule has 0 spiro atoms. The molecule has 4 heterocycles. The minimum absolute atomic E-state index is 0.158. The lowest BCUT2D eigenvalue weighted by Gasteiger charge is -2.36. The highest BCUT2D eigenvalue weighted by molar-refractivity contribution is 5.78. The lowest BCUT2D eigenvalue weighted by atomic mass is 9.64. The van der Waals surface area contributed by atoms with Crippen LogP contribution in [-0.2, 0) is 16.0 Å². The summed E-state index contributed by atoms with van der Waals surface area (Å²) in [6, 6.07) is 6.44. The fourth-order valence-corrected chi connectivity index (χ4v) is 5.10. The minimum Gasteiger partial charge on any atom is -0.433 e. The number of carbonyl (C=O) groups excluding carboxylic acids is 1. The summed E-state index contributed by atoms with van der Waals surface area (Å²) >= 11 is 0. The molecule has 0 radical (unpaired) electrons. The zero-order valence-corrected chi connectivity index (χ0v) is 18.9. The van der Waals surface area contributed by atoms with Gasteiger partial charge in [-0.25, -0.2) is 14.1 Å². The third-order valence-electron chi connectivity index (χ3n) is 6.81. The standard InChI is InChI=1S/C24H21F3N6O3/c25-15-1-2-19(31-9-15)33-18-7-13(22(29)34)6-17(24(11-28)3-4-35-12-24)20(18)21(32-33)14-5-16(10-30-8-14)36-23(26)27/h1-2,5,8-10,13,17,23H,3-4,6-7,12H2,(H2,29,34)/t13?,17?,24-/m1/s1. The van der Waals surface area contributed by atoms with Crippen LogP contribution in [0.15, 0.2) is 36.8 Å². The number of nitrogens with zero attached hydrogens (tertiary/aromatic N) is 5. The van der Waals surface area contributed by atoms with Gasteiger partial charge in [-0.15, -0.1) is 0 Å². The fraction of sp³-hybridized carbons (Fsp3) is 0.375. The van der Waals surface area contributed by atoms with Gasteiger partial charge < -0.3 is 15.2 Å². The topological polar surface area (TPSA) is 129 Å². The van der Waals surface area contributed by atoms with Gasteiger partial charge in [0.25, 0.3) is 0 Å². The van der Waals surface area contributed by atoms with Crippen LogP contribution < -0.4 is 10.5 Å². The number of hydrogen-bond acceptors (Lipinski definition) is 7. The van der Waals surface area contributed by atoms with Gasteiger partial charge in [0.05, 0.1) is 41.9 Å². The molecule has 2 aliphatic rings. The van der Waals surface area contributed by atoms with Gasteiger partial charge in [0, 0.05) is 42.2 Å². The lowest BCUT2D eigenvalue weighted by molar-refractivity contribution is -0.122. The van der Waals surface area contributed by atoms with Crippen LogP contribution in [0, 0.1) is 28.5 Å². The first-order valence-electron chi connectivity index (χ1n) is 11.2. The van der Waals surface area contributed by atoms with E-state index in [9.17, 15) is 23.2 Å². The van der Waals surface area contributed by atoms with E-state index in [0.29, 0.717) is 35.5 Å². The summed E-state index contributed by atoms with van der Waals surface area (Å²) in [5, 5.41) is 14.9. The van der Waals surface area contributed by atoms with Crippen LogP contribution in [0.5, 0.6) is 5.75 Å². The van der Waals surface area contributed by atoms with Crippen molar-refractivity contribution in [2.24, 2.45) is 17.1 Å². The average Bonchev–Trinajstić information content (AvgIpc) is 3.50. The molecule has 1 aliphatic carbocycles. The third-order valence-corrected chi connectivity index (χ3v) is 6.81. The van der Waals surface area contributed by atoms with Crippen LogP contribution in [0.3, 0.4) is 0 Å². The fourth-order valence-electron chi connectivity index (χ4n) is 5.10. The molecule has 36 heavy (non-hydrogen) atoms. The Balaban J connectivity index is 1.75. The average molecular weight is 498 g/mol. The van der Waals surface area contributed by atoms with Gasteiger partial charge in [0.15, 0.2) is 5.82 Å². The largest absolute Gasteiger partial charge is 0.433 e. The van der Waals surface area contributed by atoms with Crippen LogP contribution in [0.1, 0.15) is 30.0 Å². The number of hydrogen-bond donors (Lipinski definition) is 1. The number of nitrogens with two attached hydrogens (primary N) is 1. The number of alkyl halides is 2. The summed E-state index contributed by atoms with van der Waals surface area (Å²) in [6.45, 7) is -2.51. The number of rotatable bonds is 6. The highest BCUT2D eigenvalue weighted by Crippen LogP contribution is 2.52. The molecule has 12 heteroatoms. The van der Waals surface area contributed by atoms with Gasteiger partial charge >= 0.3 is 6.61 Å². The van der Waals surface area contributed by atoms with Crippen LogP contribution in [-0.4, -0.2) is 45.5 Å². The molecule has 5 rings (SSSR count). The SMILES string of the molecule is N#C[C@]1(C2CC(C(N)=O)Cc3c2c(-c2cncc(OC(F)F)c2)nn3-c2ccc(F)cn2)CCOC1. The second-order valence-corrected chi connectivity index (χ2v) is 8.91. The molecule has 186 valence electrons. The van der Waals surface area contributed by atoms with Gasteiger partial charge in [-0.1, -0.05) is 0 Å². The molecule has 3 atom stereocenters. The van der Waals surface area contributed by atoms with E-state index in [1.54, 1.807) is 0 Å². The number of primary amides is 1. The van der Waals surface area contributed by atoms with E-state index in [-0.39, 0.29) is 31.0 Å². The Bertz CT molecular complexity index is 1330. The van der Waals surface area contributed by atoms with Gasteiger partial charge in [-0.05, 0) is 31.0 Å². The molecule has 1 aliphatic heterocycles. The van der Waals surface area contributed by atoms with E-state index in [4.69, 9.17) is 15.6 Å². The molecular formula is C24H21F3N6O3. The maximum absolute atomic E-state index is 13.6. The normalized spacial score (nSPS) is 23.3. The molecule has 1 saturated heterocycles. The van der Waals surface area contributed by atoms with Crippen LogP contribution in [0.25, 0.3) is 17.1 Å². The summed E-state index contributed by atoms with van der Waals surface area (Å²) in [6.07, 6.45) is 4.57. The van der Waals surface area contributed by atoms with Crippen LogP contribution in [0.4, 0.5) is 13.2 Å². The Morgan fingerprint density at radius 1 is 1.33 bits per heavy atom. The predicted molar refractivity (Wildman–Crippen MR) is 118 cm³/mol. The Labute approximate surface area is 203 Å². The molecule has 2 unspecified atom stereocenters. The van der Waals surface area contributed by atoms with Crippen LogP contribution >= 0.6 is 0 Å². The summed E-state index contributed by atoms with van der Waals surface area (Å²) in [5.41, 5.74) is 6.74. The molecular weight excluding hydrogens is 477 g/mol. The second-order valence-electron chi connectivity index (χ2n) is 8.91. The maximum atomic E-state index is 13.6. The molecule has 1 amide bonds. The number of amides is 1. The van der Waals surface area contributed by atoms with Gasteiger partial charge in [0.1, 0.15) is 11.6 Å². The number of fused-ring (bicyclic) bond motifs is 1. The molecule has 9 nitrogen and oxygen atoms in total. The number of aromatic nitrogens is 4. The van der Waals surface area contributed by atoms with Crippen molar-refractivity contribution in [2.45, 2.75) is 31.8 Å². The first kappa shape index (κ1) is 23.7. The van der Waals surface area contributed by atoms with E-state index in [1.807, 2.05) is 0 Å². The Hall–Kier alpha value is -3.98. The first-order chi connectivity index (χ1) is 17.3. The number of ether oxygens (including phenoxy) is 2. The van der Waals surface area contributed by atoms with E-state index in [2.05, 4.69) is 20.8 Å². The predicted octanol–water partition coefficient (Wildman–Crippen LogP) is 3.13. The molecule has 3 aromatic rings. The van der Waals surface area contributed by atoms with Crippen molar-refractivity contribution in [2.75, 3.05) is 13.2 Å². The molecule has 0 bridgehead atoms. The smallest absolute Gasteiger partial charge is 0.387 e. The van der Waals surface area contributed by atoms with E-state index in [1.165, 1.54) is 29.1 Å². The lowest BCUT2D eigenvalue weighted by Crippen LogP contribution is -2.38. The van der Waals surface area contributed by atoms with Gasteiger partial charge in [-0.3, -0.25) is 9.78 Å². The summed E-state index contributed by atoms with van der Waals surface area (Å²) < 4.78 is 50.9. The first-order valence-corrected chi connectivity index (χ1v) is 11.2. The monoisotopic (exact) mass is 498 g/mol. The zero-order chi connectivity index (χ0) is 25.4.